The minimum absolute atomic E-state index is 0.291. The summed E-state index contributed by atoms with van der Waals surface area (Å²) in [4.78, 5) is 11.8. The Morgan fingerprint density at radius 1 is 1.25 bits per heavy atom. The van der Waals surface area contributed by atoms with Crippen LogP contribution in [0, 0.1) is 11.6 Å². The molecule has 4 heteroatoms. The number of benzene rings is 1. The highest BCUT2D eigenvalue weighted by Gasteiger charge is 2.22. The smallest absolute Gasteiger partial charge is 0.194 e. The molecule has 0 heterocycles. The summed E-state index contributed by atoms with van der Waals surface area (Å²) in [5.41, 5.74) is 0.0662. The third kappa shape index (κ3) is 2.07. The molecule has 1 aliphatic rings. The van der Waals surface area contributed by atoms with Crippen LogP contribution in [-0.4, -0.2) is 5.78 Å². The molecule has 2 rings (SSSR count). The lowest BCUT2D eigenvalue weighted by Gasteiger charge is -2.05. The second-order valence-electron chi connectivity index (χ2n) is 3.70. The molecule has 1 nitrogen and oxygen atoms in total. The minimum Gasteiger partial charge on any atom is -0.289 e. The van der Waals surface area contributed by atoms with Crippen molar-refractivity contribution in [1.29, 1.82) is 0 Å². The average Bonchev–Trinajstić information content (AvgIpc) is 2.67. The van der Waals surface area contributed by atoms with E-state index in [0.717, 1.165) is 25.0 Å². The molecule has 0 radical (unpaired) electrons. The second kappa shape index (κ2) is 4.45. The standard InChI is InChI=1S/C12H9BrF2O/c13-8-5-9(14)11(10(15)6-8)12(16)7-3-1-2-4-7/h3,5-6H,1-2,4H2. The number of carbonyl (C=O) groups excluding carboxylic acids is 1. The number of hydrogen-bond acceptors (Lipinski definition) is 1. The van der Waals surface area contributed by atoms with Crippen LogP contribution in [0.15, 0.2) is 28.3 Å². The van der Waals surface area contributed by atoms with E-state index in [2.05, 4.69) is 15.9 Å². The van der Waals surface area contributed by atoms with Crippen LogP contribution in [0.2, 0.25) is 0 Å². The molecule has 0 saturated carbocycles. The maximum atomic E-state index is 13.5. The molecule has 0 N–H and O–H groups in total. The largest absolute Gasteiger partial charge is 0.289 e. The molecule has 0 spiro atoms. The van der Waals surface area contributed by atoms with Crippen LogP contribution in [0.1, 0.15) is 29.6 Å². The van der Waals surface area contributed by atoms with Crippen molar-refractivity contribution in [2.24, 2.45) is 0 Å². The van der Waals surface area contributed by atoms with Crippen LogP contribution in [0.4, 0.5) is 8.78 Å². The summed E-state index contributed by atoms with van der Waals surface area (Å²) in [6, 6.07) is 2.21. The van der Waals surface area contributed by atoms with E-state index in [0.29, 0.717) is 16.5 Å². The van der Waals surface area contributed by atoms with Crippen molar-refractivity contribution in [3.63, 3.8) is 0 Å². The highest BCUT2D eigenvalue weighted by molar-refractivity contribution is 9.10. The molecule has 0 unspecified atom stereocenters. The maximum absolute atomic E-state index is 13.5. The number of ketones is 1. The van der Waals surface area contributed by atoms with Crippen molar-refractivity contribution >= 4 is 21.7 Å². The van der Waals surface area contributed by atoms with Crippen LogP contribution >= 0.6 is 15.9 Å². The summed E-state index contributed by atoms with van der Waals surface area (Å²) < 4.78 is 27.3. The van der Waals surface area contributed by atoms with Crippen LogP contribution in [0.3, 0.4) is 0 Å². The van der Waals surface area contributed by atoms with Crippen molar-refractivity contribution in [2.45, 2.75) is 19.3 Å². The molecule has 0 fully saturated rings. The molecule has 0 amide bonds. The number of hydrogen-bond donors (Lipinski definition) is 0. The Morgan fingerprint density at radius 2 is 1.88 bits per heavy atom. The fourth-order valence-corrected chi connectivity index (χ4v) is 2.20. The van der Waals surface area contributed by atoms with Gasteiger partial charge in [-0.25, -0.2) is 8.78 Å². The Bertz CT molecular complexity index is 457. The van der Waals surface area contributed by atoms with Gasteiger partial charge in [-0.3, -0.25) is 4.79 Å². The Balaban J connectivity index is 2.44. The van der Waals surface area contributed by atoms with Crippen molar-refractivity contribution in [1.82, 2.24) is 0 Å². The summed E-state index contributed by atoms with van der Waals surface area (Å²) in [5.74, 6) is -2.16. The number of Topliss-reactive ketones (excluding diaryl/α,β-unsaturated/α-hetero) is 1. The molecule has 1 aliphatic carbocycles. The van der Waals surface area contributed by atoms with Crippen LogP contribution in [0.25, 0.3) is 0 Å². The highest BCUT2D eigenvalue weighted by Crippen LogP contribution is 2.26. The molecule has 0 aliphatic heterocycles. The van der Waals surface area contributed by atoms with Gasteiger partial charge in [0.05, 0.1) is 5.56 Å². The van der Waals surface area contributed by atoms with Gasteiger partial charge in [0.25, 0.3) is 0 Å². The molecular formula is C12H9BrF2O. The Morgan fingerprint density at radius 3 is 2.38 bits per heavy atom. The summed E-state index contributed by atoms with van der Waals surface area (Å²) >= 11 is 2.97. The highest BCUT2D eigenvalue weighted by atomic mass is 79.9. The zero-order chi connectivity index (χ0) is 11.7. The number of halogens is 3. The zero-order valence-electron chi connectivity index (χ0n) is 8.40. The van der Waals surface area contributed by atoms with Gasteiger partial charge in [-0.15, -0.1) is 0 Å². The predicted molar refractivity (Wildman–Crippen MR) is 60.3 cm³/mol. The molecule has 16 heavy (non-hydrogen) atoms. The molecule has 1 aromatic rings. The average molecular weight is 287 g/mol. The summed E-state index contributed by atoms with van der Waals surface area (Å²) in [6.45, 7) is 0. The Hall–Kier alpha value is -1.03. The summed E-state index contributed by atoms with van der Waals surface area (Å²) in [5, 5.41) is 0. The molecule has 0 saturated heterocycles. The number of carbonyl (C=O) groups is 1. The second-order valence-corrected chi connectivity index (χ2v) is 4.61. The van der Waals surface area contributed by atoms with Gasteiger partial charge in [0.2, 0.25) is 0 Å². The fourth-order valence-electron chi connectivity index (χ4n) is 1.80. The van der Waals surface area contributed by atoms with E-state index in [1.165, 1.54) is 0 Å². The number of allylic oxidation sites excluding steroid dienone is 2. The van der Waals surface area contributed by atoms with E-state index in [9.17, 15) is 13.6 Å². The van der Waals surface area contributed by atoms with E-state index in [1.807, 2.05) is 0 Å². The Kier molecular flexibility index (Phi) is 3.19. The van der Waals surface area contributed by atoms with Gasteiger partial charge in [0, 0.05) is 4.47 Å². The maximum Gasteiger partial charge on any atom is 0.194 e. The first-order valence-electron chi connectivity index (χ1n) is 4.98. The van der Waals surface area contributed by atoms with Gasteiger partial charge in [0.15, 0.2) is 5.78 Å². The molecular weight excluding hydrogens is 278 g/mol. The molecule has 1 aromatic carbocycles. The van der Waals surface area contributed by atoms with Crippen molar-refractivity contribution in [3.05, 3.63) is 45.5 Å². The van der Waals surface area contributed by atoms with Crippen molar-refractivity contribution in [3.8, 4) is 0 Å². The van der Waals surface area contributed by atoms with E-state index >= 15 is 0 Å². The van der Waals surface area contributed by atoms with E-state index < -0.39 is 23.0 Å². The number of rotatable bonds is 2. The topological polar surface area (TPSA) is 17.1 Å². The van der Waals surface area contributed by atoms with Crippen molar-refractivity contribution in [2.75, 3.05) is 0 Å². The van der Waals surface area contributed by atoms with Crippen LogP contribution < -0.4 is 0 Å². The quantitative estimate of drug-likeness (QED) is 0.751. The fraction of sp³-hybridized carbons (Fsp3) is 0.250. The van der Waals surface area contributed by atoms with Crippen molar-refractivity contribution < 1.29 is 13.6 Å². The first kappa shape index (κ1) is 11.5. The van der Waals surface area contributed by atoms with Crippen LogP contribution in [0.5, 0.6) is 0 Å². The van der Waals surface area contributed by atoms with Gasteiger partial charge >= 0.3 is 0 Å². The van der Waals surface area contributed by atoms with Gasteiger partial charge < -0.3 is 0 Å². The van der Waals surface area contributed by atoms with E-state index in [1.54, 1.807) is 6.08 Å². The first-order valence-corrected chi connectivity index (χ1v) is 5.77. The third-order valence-corrected chi connectivity index (χ3v) is 3.02. The monoisotopic (exact) mass is 286 g/mol. The van der Waals surface area contributed by atoms with Gasteiger partial charge in [0.1, 0.15) is 11.6 Å². The minimum atomic E-state index is -0.815. The predicted octanol–water partition coefficient (Wildman–Crippen LogP) is 4.02. The van der Waals surface area contributed by atoms with Gasteiger partial charge in [-0.05, 0) is 37.0 Å². The summed E-state index contributed by atoms with van der Waals surface area (Å²) in [7, 11) is 0. The lowest BCUT2D eigenvalue weighted by atomic mass is 10.0. The zero-order valence-corrected chi connectivity index (χ0v) is 9.98. The first-order chi connectivity index (χ1) is 7.59. The normalized spacial score (nSPS) is 15.1. The lowest BCUT2D eigenvalue weighted by molar-refractivity contribution is 0.102. The molecule has 84 valence electrons. The molecule has 0 bridgehead atoms. The van der Waals surface area contributed by atoms with Gasteiger partial charge in [-0.1, -0.05) is 22.0 Å². The molecule has 0 atom stereocenters. The van der Waals surface area contributed by atoms with Gasteiger partial charge in [-0.2, -0.15) is 0 Å². The Labute approximate surface area is 100 Å². The molecule has 0 aromatic heterocycles. The summed E-state index contributed by atoms with van der Waals surface area (Å²) in [6.07, 6.45) is 4.04. The van der Waals surface area contributed by atoms with E-state index in [4.69, 9.17) is 0 Å². The third-order valence-electron chi connectivity index (χ3n) is 2.57. The van der Waals surface area contributed by atoms with Crippen LogP contribution in [-0.2, 0) is 0 Å². The lowest BCUT2D eigenvalue weighted by Crippen LogP contribution is -2.08. The SMILES string of the molecule is O=C(C1=CCCC1)c1c(F)cc(Br)cc1F. The van der Waals surface area contributed by atoms with E-state index in [-0.39, 0.29) is 0 Å².